The summed E-state index contributed by atoms with van der Waals surface area (Å²) in [5.74, 6) is -0.737. The Balaban J connectivity index is 2.44. The van der Waals surface area contributed by atoms with Crippen LogP contribution in [0.3, 0.4) is 0 Å². The molecule has 0 saturated heterocycles. The third-order valence-corrected chi connectivity index (χ3v) is 3.00. The van der Waals surface area contributed by atoms with Gasteiger partial charge in [-0.3, -0.25) is 4.79 Å². The number of benzene rings is 1. The number of carbonyl (C=O) groups excluding carboxylic acids is 1. The van der Waals surface area contributed by atoms with Crippen LogP contribution < -0.4 is 5.32 Å². The van der Waals surface area contributed by atoms with E-state index in [4.69, 9.17) is 0 Å². The predicted octanol–water partition coefficient (Wildman–Crippen LogP) is 3.30. The van der Waals surface area contributed by atoms with Crippen LogP contribution in [0.5, 0.6) is 0 Å². The Morgan fingerprint density at radius 2 is 1.86 bits per heavy atom. The molecule has 0 amide bonds. The number of nitrogens with one attached hydrogen (secondary N) is 1. The second kappa shape index (κ2) is 8.02. The van der Waals surface area contributed by atoms with Crippen LogP contribution in [0, 0.1) is 5.92 Å². The second-order valence-corrected chi connectivity index (χ2v) is 5.20. The first-order chi connectivity index (χ1) is 9.78. The topological polar surface area (TPSA) is 38.3 Å². The highest BCUT2D eigenvalue weighted by Gasteiger charge is 2.30. The quantitative estimate of drug-likeness (QED) is 0.786. The smallest absolute Gasteiger partial charge is 0.422 e. The first-order valence-corrected chi connectivity index (χ1v) is 6.77. The van der Waals surface area contributed by atoms with E-state index in [0.717, 1.165) is 5.56 Å². The molecular formula is C15H20F3NO2. The highest BCUT2D eigenvalue weighted by Crippen LogP contribution is 2.16. The van der Waals surface area contributed by atoms with E-state index in [9.17, 15) is 18.0 Å². The maximum atomic E-state index is 12.0. The number of carbonyl (C=O) groups is 1. The van der Waals surface area contributed by atoms with E-state index in [2.05, 4.69) is 10.1 Å². The second-order valence-electron chi connectivity index (χ2n) is 5.20. The van der Waals surface area contributed by atoms with E-state index >= 15 is 0 Å². The summed E-state index contributed by atoms with van der Waals surface area (Å²) < 4.78 is 40.2. The average Bonchev–Trinajstić information content (AvgIpc) is 2.41. The fraction of sp³-hybridized carbons (Fsp3) is 0.533. The van der Waals surface area contributed by atoms with Gasteiger partial charge in [0.1, 0.15) is 0 Å². The molecule has 0 spiro atoms. The van der Waals surface area contributed by atoms with Gasteiger partial charge in [0.25, 0.3) is 0 Å². The minimum atomic E-state index is -4.49. The predicted molar refractivity (Wildman–Crippen MR) is 73.5 cm³/mol. The van der Waals surface area contributed by atoms with Gasteiger partial charge < -0.3 is 10.1 Å². The van der Waals surface area contributed by atoms with E-state index in [-0.39, 0.29) is 18.4 Å². The van der Waals surface area contributed by atoms with Crippen molar-refractivity contribution in [1.82, 2.24) is 5.32 Å². The van der Waals surface area contributed by atoms with E-state index in [1.165, 1.54) is 0 Å². The summed E-state index contributed by atoms with van der Waals surface area (Å²) in [4.78, 5) is 11.5. The number of halogens is 3. The molecule has 0 aromatic heterocycles. The lowest BCUT2D eigenvalue weighted by atomic mass is 10.0. The van der Waals surface area contributed by atoms with Gasteiger partial charge in [-0.2, -0.15) is 13.2 Å². The van der Waals surface area contributed by atoms with Gasteiger partial charge in [-0.1, -0.05) is 44.2 Å². The molecule has 0 saturated carbocycles. The lowest BCUT2D eigenvalue weighted by Gasteiger charge is -2.22. The summed E-state index contributed by atoms with van der Waals surface area (Å²) in [5.41, 5.74) is 1.05. The molecule has 0 aliphatic heterocycles. The van der Waals surface area contributed by atoms with Crippen molar-refractivity contribution in [1.29, 1.82) is 0 Å². The fourth-order valence-electron chi connectivity index (χ4n) is 1.79. The Morgan fingerprint density at radius 1 is 1.24 bits per heavy atom. The molecule has 0 fully saturated rings. The molecular weight excluding hydrogens is 283 g/mol. The Bertz CT molecular complexity index is 432. The van der Waals surface area contributed by atoms with Crippen molar-refractivity contribution >= 4 is 5.97 Å². The first kappa shape index (κ1) is 17.5. The minimum absolute atomic E-state index is 0.0828. The molecule has 118 valence electrons. The molecule has 0 heterocycles. The van der Waals surface area contributed by atoms with Gasteiger partial charge >= 0.3 is 12.1 Å². The SMILES string of the molecule is CC(C)C(CC(=O)OCC(F)(F)F)NCc1ccccc1. The summed E-state index contributed by atoms with van der Waals surface area (Å²) in [5, 5.41) is 3.18. The molecule has 0 aliphatic carbocycles. The number of esters is 1. The first-order valence-electron chi connectivity index (χ1n) is 6.77. The Morgan fingerprint density at radius 3 is 2.38 bits per heavy atom. The summed E-state index contributed by atoms with van der Waals surface area (Å²) in [6.07, 6.45) is -4.57. The van der Waals surface area contributed by atoms with Crippen molar-refractivity contribution in [3.63, 3.8) is 0 Å². The molecule has 1 N–H and O–H groups in total. The largest absolute Gasteiger partial charge is 0.456 e. The summed E-state index contributed by atoms with van der Waals surface area (Å²) in [6.45, 7) is 2.82. The van der Waals surface area contributed by atoms with Gasteiger partial charge in [-0.05, 0) is 11.5 Å². The normalized spacial score (nSPS) is 13.2. The molecule has 1 aromatic rings. The third-order valence-electron chi connectivity index (χ3n) is 3.00. The maximum absolute atomic E-state index is 12.0. The number of hydrogen-bond donors (Lipinski definition) is 1. The Labute approximate surface area is 122 Å². The minimum Gasteiger partial charge on any atom is -0.456 e. The number of hydrogen-bond acceptors (Lipinski definition) is 3. The van der Waals surface area contributed by atoms with Gasteiger partial charge in [-0.15, -0.1) is 0 Å². The molecule has 1 atom stereocenters. The zero-order valence-corrected chi connectivity index (χ0v) is 12.1. The number of alkyl halides is 3. The molecule has 0 aliphatic rings. The van der Waals surface area contributed by atoms with Gasteiger partial charge in [-0.25, -0.2) is 0 Å². The summed E-state index contributed by atoms with van der Waals surface area (Å²) in [7, 11) is 0. The average molecular weight is 303 g/mol. The van der Waals surface area contributed by atoms with Crippen molar-refractivity contribution in [2.24, 2.45) is 5.92 Å². The van der Waals surface area contributed by atoms with Crippen molar-refractivity contribution in [2.75, 3.05) is 6.61 Å². The molecule has 1 rings (SSSR count). The summed E-state index contributed by atoms with van der Waals surface area (Å²) >= 11 is 0. The molecule has 1 unspecified atom stereocenters. The van der Waals surface area contributed by atoms with Gasteiger partial charge in [0, 0.05) is 12.6 Å². The van der Waals surface area contributed by atoms with E-state index < -0.39 is 18.8 Å². The van der Waals surface area contributed by atoms with Crippen LogP contribution in [-0.4, -0.2) is 24.8 Å². The molecule has 6 heteroatoms. The molecule has 1 aromatic carbocycles. The zero-order chi connectivity index (χ0) is 15.9. The maximum Gasteiger partial charge on any atom is 0.422 e. The summed E-state index contributed by atoms with van der Waals surface area (Å²) in [6, 6.07) is 9.35. The Kier molecular flexibility index (Phi) is 6.68. The molecule has 3 nitrogen and oxygen atoms in total. The Hall–Kier alpha value is -1.56. The van der Waals surface area contributed by atoms with Gasteiger partial charge in [0.2, 0.25) is 0 Å². The van der Waals surface area contributed by atoms with E-state index in [1.807, 2.05) is 44.2 Å². The van der Waals surface area contributed by atoms with E-state index in [0.29, 0.717) is 6.54 Å². The molecule has 21 heavy (non-hydrogen) atoms. The van der Waals surface area contributed by atoms with E-state index in [1.54, 1.807) is 0 Å². The van der Waals surface area contributed by atoms with Crippen LogP contribution in [0.1, 0.15) is 25.8 Å². The van der Waals surface area contributed by atoms with Gasteiger partial charge in [0.15, 0.2) is 6.61 Å². The van der Waals surface area contributed by atoms with Gasteiger partial charge in [0.05, 0.1) is 6.42 Å². The highest BCUT2D eigenvalue weighted by atomic mass is 19.4. The fourth-order valence-corrected chi connectivity index (χ4v) is 1.79. The zero-order valence-electron chi connectivity index (χ0n) is 12.1. The van der Waals surface area contributed by atoms with Crippen LogP contribution in [0.2, 0.25) is 0 Å². The lowest BCUT2D eigenvalue weighted by Crippen LogP contribution is -2.36. The van der Waals surface area contributed by atoms with Crippen molar-refractivity contribution in [3.05, 3.63) is 35.9 Å². The van der Waals surface area contributed by atoms with Crippen LogP contribution >= 0.6 is 0 Å². The van der Waals surface area contributed by atoms with Crippen molar-refractivity contribution in [3.8, 4) is 0 Å². The molecule has 0 radical (unpaired) electrons. The monoisotopic (exact) mass is 303 g/mol. The van der Waals surface area contributed by atoms with Crippen LogP contribution in [0.4, 0.5) is 13.2 Å². The number of rotatable bonds is 7. The van der Waals surface area contributed by atoms with Crippen LogP contribution in [0.25, 0.3) is 0 Å². The molecule has 0 bridgehead atoms. The number of ether oxygens (including phenoxy) is 1. The van der Waals surface area contributed by atoms with Crippen LogP contribution in [0.15, 0.2) is 30.3 Å². The van der Waals surface area contributed by atoms with Crippen molar-refractivity contribution in [2.45, 2.75) is 39.0 Å². The lowest BCUT2D eigenvalue weighted by molar-refractivity contribution is -0.186. The highest BCUT2D eigenvalue weighted by molar-refractivity contribution is 5.70. The van der Waals surface area contributed by atoms with Crippen LogP contribution in [-0.2, 0) is 16.1 Å². The third kappa shape index (κ3) is 7.70. The van der Waals surface area contributed by atoms with Crippen molar-refractivity contribution < 1.29 is 22.7 Å². The standard InChI is InChI=1S/C15H20F3NO2/c1-11(2)13(8-14(20)21-10-15(16,17)18)19-9-12-6-4-3-5-7-12/h3-7,11,13,19H,8-10H2,1-2H3.